The maximum absolute atomic E-state index is 5.31. The molecule has 2 atom stereocenters. The van der Waals surface area contributed by atoms with Crippen LogP contribution < -0.4 is 15.0 Å². The van der Waals surface area contributed by atoms with E-state index in [1.54, 1.807) is 13.4 Å². The van der Waals surface area contributed by atoms with Gasteiger partial charge in [-0.25, -0.2) is 9.97 Å². The van der Waals surface area contributed by atoms with Crippen molar-refractivity contribution in [3.63, 3.8) is 0 Å². The van der Waals surface area contributed by atoms with Gasteiger partial charge in [-0.2, -0.15) is 0 Å². The normalized spacial score (nSPS) is 26.9. The second-order valence-corrected chi connectivity index (χ2v) is 5.44. The van der Waals surface area contributed by atoms with E-state index in [9.17, 15) is 0 Å². The molecule has 1 N–H and O–H groups in total. The molecule has 2 unspecified atom stereocenters. The predicted octanol–water partition coefficient (Wildman–Crippen LogP) is 1.51. The standard InChI is InChI=1S/C14H22N4O/c1-10-13(16-9-17-14(10)19-2)18-8-4-6-12(18)11-5-3-7-15-11/h9,11-12,15H,3-8H2,1-2H3. The van der Waals surface area contributed by atoms with Crippen molar-refractivity contribution in [3.8, 4) is 5.88 Å². The van der Waals surface area contributed by atoms with Gasteiger partial charge in [0, 0.05) is 18.6 Å². The molecule has 0 radical (unpaired) electrons. The minimum atomic E-state index is 0.570. The molecule has 0 bridgehead atoms. The van der Waals surface area contributed by atoms with E-state index in [0.29, 0.717) is 18.0 Å². The van der Waals surface area contributed by atoms with Gasteiger partial charge < -0.3 is 15.0 Å². The Morgan fingerprint density at radius 3 is 2.95 bits per heavy atom. The molecular weight excluding hydrogens is 240 g/mol. The molecule has 3 rings (SSSR count). The van der Waals surface area contributed by atoms with E-state index >= 15 is 0 Å². The van der Waals surface area contributed by atoms with Crippen LogP contribution >= 0.6 is 0 Å². The fraction of sp³-hybridized carbons (Fsp3) is 0.714. The maximum atomic E-state index is 5.31. The molecule has 5 nitrogen and oxygen atoms in total. The highest BCUT2D eigenvalue weighted by Gasteiger charge is 2.34. The number of anilines is 1. The highest BCUT2D eigenvalue weighted by atomic mass is 16.5. The quantitative estimate of drug-likeness (QED) is 0.895. The molecule has 0 saturated carbocycles. The van der Waals surface area contributed by atoms with Crippen LogP contribution in [0.3, 0.4) is 0 Å². The lowest BCUT2D eigenvalue weighted by Gasteiger charge is -2.31. The second-order valence-electron chi connectivity index (χ2n) is 5.44. The van der Waals surface area contributed by atoms with Crippen LogP contribution in [0.5, 0.6) is 5.88 Å². The zero-order valence-corrected chi connectivity index (χ0v) is 11.7. The summed E-state index contributed by atoms with van der Waals surface area (Å²) >= 11 is 0. The third-order valence-corrected chi connectivity index (χ3v) is 4.34. The first-order valence-electron chi connectivity index (χ1n) is 7.17. The van der Waals surface area contributed by atoms with Gasteiger partial charge in [-0.15, -0.1) is 0 Å². The van der Waals surface area contributed by atoms with Crippen molar-refractivity contribution < 1.29 is 4.74 Å². The van der Waals surface area contributed by atoms with Crippen molar-refractivity contribution >= 4 is 5.82 Å². The molecule has 2 aliphatic heterocycles. The number of nitrogens with one attached hydrogen (secondary N) is 1. The first-order chi connectivity index (χ1) is 9.31. The van der Waals surface area contributed by atoms with Gasteiger partial charge in [0.15, 0.2) is 0 Å². The summed E-state index contributed by atoms with van der Waals surface area (Å²) in [5.41, 5.74) is 1.05. The van der Waals surface area contributed by atoms with Crippen LogP contribution in [0.2, 0.25) is 0 Å². The van der Waals surface area contributed by atoms with Crippen molar-refractivity contribution in [2.45, 2.75) is 44.7 Å². The highest BCUT2D eigenvalue weighted by molar-refractivity contribution is 5.52. The highest BCUT2D eigenvalue weighted by Crippen LogP contribution is 2.32. The molecule has 0 spiro atoms. The van der Waals surface area contributed by atoms with E-state index < -0.39 is 0 Å². The lowest BCUT2D eigenvalue weighted by atomic mass is 10.0. The Morgan fingerprint density at radius 2 is 2.21 bits per heavy atom. The van der Waals surface area contributed by atoms with Gasteiger partial charge in [0.25, 0.3) is 0 Å². The lowest BCUT2D eigenvalue weighted by Crippen LogP contribution is -2.44. The fourth-order valence-electron chi connectivity index (χ4n) is 3.43. The number of hydrogen-bond donors (Lipinski definition) is 1. The monoisotopic (exact) mass is 262 g/mol. The molecule has 1 aromatic rings. The molecule has 2 fully saturated rings. The topological polar surface area (TPSA) is 50.3 Å². The molecule has 0 aromatic carbocycles. The van der Waals surface area contributed by atoms with Gasteiger partial charge in [-0.1, -0.05) is 0 Å². The van der Waals surface area contributed by atoms with Crippen LogP contribution in [0.25, 0.3) is 0 Å². The zero-order valence-electron chi connectivity index (χ0n) is 11.7. The Hall–Kier alpha value is -1.36. The third-order valence-electron chi connectivity index (χ3n) is 4.34. The van der Waals surface area contributed by atoms with Crippen molar-refractivity contribution in [3.05, 3.63) is 11.9 Å². The summed E-state index contributed by atoms with van der Waals surface area (Å²) in [5, 5.41) is 3.63. The molecule has 19 heavy (non-hydrogen) atoms. The van der Waals surface area contributed by atoms with Gasteiger partial charge in [0.1, 0.15) is 12.1 Å². The summed E-state index contributed by atoms with van der Waals surface area (Å²) in [5.74, 6) is 1.73. The van der Waals surface area contributed by atoms with Gasteiger partial charge in [-0.3, -0.25) is 0 Å². The van der Waals surface area contributed by atoms with Crippen molar-refractivity contribution in [1.82, 2.24) is 15.3 Å². The van der Waals surface area contributed by atoms with E-state index in [4.69, 9.17) is 4.74 Å². The molecule has 5 heteroatoms. The zero-order chi connectivity index (χ0) is 13.2. The van der Waals surface area contributed by atoms with E-state index in [0.717, 1.165) is 24.5 Å². The number of aromatic nitrogens is 2. The Bertz CT molecular complexity index is 445. The summed E-state index contributed by atoms with van der Waals surface area (Å²) in [6, 6.07) is 1.18. The SMILES string of the molecule is COc1ncnc(N2CCCC2C2CCCN2)c1C. The van der Waals surface area contributed by atoms with Crippen LogP contribution in [0.15, 0.2) is 6.33 Å². The molecule has 104 valence electrons. The van der Waals surface area contributed by atoms with Crippen molar-refractivity contribution in [2.24, 2.45) is 0 Å². The molecule has 2 saturated heterocycles. The molecule has 1 aromatic heterocycles. The van der Waals surface area contributed by atoms with Crippen molar-refractivity contribution in [1.29, 1.82) is 0 Å². The van der Waals surface area contributed by atoms with E-state index in [1.807, 2.05) is 6.92 Å². The second kappa shape index (κ2) is 5.33. The predicted molar refractivity (Wildman–Crippen MR) is 74.7 cm³/mol. The van der Waals surface area contributed by atoms with E-state index in [1.165, 1.54) is 25.7 Å². The van der Waals surface area contributed by atoms with Crippen LogP contribution in [0, 0.1) is 6.92 Å². The maximum Gasteiger partial charge on any atom is 0.221 e. The van der Waals surface area contributed by atoms with Gasteiger partial charge in [-0.05, 0) is 39.2 Å². The Morgan fingerprint density at radius 1 is 1.32 bits per heavy atom. The average Bonchev–Trinajstić information content (AvgIpc) is 3.09. The van der Waals surface area contributed by atoms with Crippen molar-refractivity contribution in [2.75, 3.05) is 25.1 Å². The average molecular weight is 262 g/mol. The summed E-state index contributed by atoms with van der Waals surface area (Å²) < 4.78 is 5.31. The largest absolute Gasteiger partial charge is 0.481 e. The summed E-state index contributed by atoms with van der Waals surface area (Å²) in [4.78, 5) is 11.1. The van der Waals surface area contributed by atoms with Gasteiger partial charge in [0.2, 0.25) is 5.88 Å². The van der Waals surface area contributed by atoms with E-state index in [2.05, 4.69) is 20.2 Å². The summed E-state index contributed by atoms with van der Waals surface area (Å²) in [6.45, 7) is 4.29. The summed E-state index contributed by atoms with van der Waals surface area (Å²) in [6.07, 6.45) is 6.68. The number of nitrogens with zero attached hydrogens (tertiary/aromatic N) is 3. The van der Waals surface area contributed by atoms with Crippen LogP contribution in [0.4, 0.5) is 5.82 Å². The minimum absolute atomic E-state index is 0.570. The molecule has 3 heterocycles. The lowest BCUT2D eigenvalue weighted by molar-refractivity contribution is 0.392. The molecule has 0 aliphatic carbocycles. The van der Waals surface area contributed by atoms with Gasteiger partial charge >= 0.3 is 0 Å². The van der Waals surface area contributed by atoms with Crippen LogP contribution in [-0.2, 0) is 0 Å². The first-order valence-corrected chi connectivity index (χ1v) is 7.17. The number of ether oxygens (including phenoxy) is 1. The van der Waals surface area contributed by atoms with E-state index in [-0.39, 0.29) is 0 Å². The number of methoxy groups -OCH3 is 1. The van der Waals surface area contributed by atoms with Crippen LogP contribution in [0.1, 0.15) is 31.2 Å². The Kier molecular flexibility index (Phi) is 3.55. The Labute approximate surface area is 114 Å². The Balaban J connectivity index is 1.87. The first kappa shape index (κ1) is 12.7. The molecule has 2 aliphatic rings. The molecular formula is C14H22N4O. The number of rotatable bonds is 3. The van der Waals surface area contributed by atoms with Gasteiger partial charge in [0.05, 0.1) is 12.7 Å². The minimum Gasteiger partial charge on any atom is -0.481 e. The third kappa shape index (κ3) is 2.27. The summed E-state index contributed by atoms with van der Waals surface area (Å²) in [7, 11) is 1.67. The van der Waals surface area contributed by atoms with Crippen LogP contribution in [-0.4, -0.2) is 42.3 Å². The smallest absolute Gasteiger partial charge is 0.221 e. The number of hydrogen-bond acceptors (Lipinski definition) is 5. The fourth-order valence-corrected chi connectivity index (χ4v) is 3.43. The molecule has 0 amide bonds.